The third-order valence-corrected chi connectivity index (χ3v) is 2.57. The molecule has 0 aromatic carbocycles. The van der Waals surface area contributed by atoms with Crippen LogP contribution in [0.25, 0.3) is 0 Å². The quantitative estimate of drug-likeness (QED) is 0.472. The topological polar surface area (TPSA) is 29.1 Å². The van der Waals surface area contributed by atoms with E-state index >= 15 is 0 Å². The number of carbonyl (C=O) groups excluding carboxylic acids is 1. The van der Waals surface area contributed by atoms with Gasteiger partial charge >= 0.3 is 0 Å². The van der Waals surface area contributed by atoms with Gasteiger partial charge < -0.3 is 9.80 Å². The lowest BCUT2D eigenvalue weighted by molar-refractivity contribution is -0.914. The van der Waals surface area contributed by atoms with Crippen molar-refractivity contribution in [3.05, 3.63) is 12.7 Å². The molecule has 1 atom stereocenters. The van der Waals surface area contributed by atoms with Crippen LogP contribution in [-0.2, 0) is 4.79 Å². The van der Waals surface area contributed by atoms with Gasteiger partial charge in [0.1, 0.15) is 0 Å². The van der Waals surface area contributed by atoms with Crippen LogP contribution in [0.15, 0.2) is 12.7 Å². The van der Waals surface area contributed by atoms with Crippen LogP contribution in [0, 0.1) is 0 Å². The molecular formula is C9H17N2O+. The summed E-state index contributed by atoms with van der Waals surface area (Å²) in [4.78, 5) is 11.2. The Kier molecular flexibility index (Phi) is 2.87. The largest absolute Gasteiger partial charge is 0.346 e. The molecule has 0 saturated carbocycles. The zero-order chi connectivity index (χ0) is 9.03. The molecule has 0 aromatic heterocycles. The SMILES string of the molecule is C=CC[N+]1(CC)CCNC(=O)C1. The van der Waals surface area contributed by atoms with Gasteiger partial charge in [0.05, 0.1) is 26.2 Å². The number of quaternary nitrogens is 1. The highest BCUT2D eigenvalue weighted by atomic mass is 16.2. The average Bonchev–Trinajstić information content (AvgIpc) is 2.05. The number of hydrogen-bond donors (Lipinski definition) is 1. The Morgan fingerprint density at radius 1 is 1.75 bits per heavy atom. The zero-order valence-electron chi connectivity index (χ0n) is 7.68. The monoisotopic (exact) mass is 169 g/mol. The number of nitrogens with one attached hydrogen (secondary N) is 1. The zero-order valence-corrected chi connectivity index (χ0v) is 7.68. The molecule has 3 nitrogen and oxygen atoms in total. The fraction of sp³-hybridized carbons (Fsp3) is 0.667. The van der Waals surface area contributed by atoms with Crippen molar-refractivity contribution < 1.29 is 9.28 Å². The third-order valence-electron chi connectivity index (χ3n) is 2.57. The summed E-state index contributed by atoms with van der Waals surface area (Å²) in [6.45, 7) is 10.2. The summed E-state index contributed by atoms with van der Waals surface area (Å²) in [5.41, 5.74) is 0. The van der Waals surface area contributed by atoms with E-state index in [2.05, 4.69) is 18.8 Å². The number of hydrogen-bond acceptors (Lipinski definition) is 1. The first-order chi connectivity index (χ1) is 5.72. The smallest absolute Gasteiger partial charge is 0.275 e. The summed E-state index contributed by atoms with van der Waals surface area (Å²) in [6, 6.07) is 0. The van der Waals surface area contributed by atoms with Crippen molar-refractivity contribution in [3.8, 4) is 0 Å². The van der Waals surface area contributed by atoms with Crippen LogP contribution in [0.1, 0.15) is 6.92 Å². The van der Waals surface area contributed by atoms with E-state index in [9.17, 15) is 4.79 Å². The number of rotatable bonds is 3. The van der Waals surface area contributed by atoms with Gasteiger partial charge in [-0.05, 0) is 13.0 Å². The molecule has 0 radical (unpaired) electrons. The fourth-order valence-electron chi connectivity index (χ4n) is 1.70. The van der Waals surface area contributed by atoms with E-state index in [0.717, 1.165) is 30.7 Å². The molecule has 1 amide bonds. The summed E-state index contributed by atoms with van der Waals surface area (Å²) in [5.74, 6) is 0.171. The highest BCUT2D eigenvalue weighted by Gasteiger charge is 2.30. The van der Waals surface area contributed by atoms with Crippen LogP contribution in [0.5, 0.6) is 0 Å². The van der Waals surface area contributed by atoms with Crippen molar-refractivity contribution in [1.82, 2.24) is 5.32 Å². The Morgan fingerprint density at radius 3 is 3.00 bits per heavy atom. The van der Waals surface area contributed by atoms with Gasteiger partial charge in [0.2, 0.25) is 0 Å². The molecular weight excluding hydrogens is 152 g/mol. The molecule has 1 saturated heterocycles. The molecule has 1 fully saturated rings. The summed E-state index contributed by atoms with van der Waals surface area (Å²) in [6.07, 6.45) is 1.90. The van der Waals surface area contributed by atoms with Gasteiger partial charge in [-0.25, -0.2) is 0 Å². The molecule has 0 aromatic rings. The molecule has 0 spiro atoms. The maximum atomic E-state index is 11.2. The average molecular weight is 169 g/mol. The molecule has 1 N–H and O–H groups in total. The number of amides is 1. The minimum atomic E-state index is 0.171. The molecule has 0 bridgehead atoms. The first-order valence-electron chi connectivity index (χ1n) is 4.45. The van der Waals surface area contributed by atoms with Crippen molar-refractivity contribution in [3.63, 3.8) is 0 Å². The third kappa shape index (κ3) is 1.85. The highest BCUT2D eigenvalue weighted by molar-refractivity contribution is 5.77. The molecule has 0 aliphatic carbocycles. The molecule has 1 heterocycles. The van der Waals surface area contributed by atoms with Crippen molar-refractivity contribution in [1.29, 1.82) is 0 Å². The van der Waals surface area contributed by atoms with Gasteiger partial charge in [-0.3, -0.25) is 4.79 Å². The second-order valence-corrected chi connectivity index (χ2v) is 3.36. The Bertz CT molecular complexity index is 191. The van der Waals surface area contributed by atoms with Crippen molar-refractivity contribution >= 4 is 5.91 Å². The number of piperazine rings is 1. The van der Waals surface area contributed by atoms with Crippen LogP contribution < -0.4 is 5.32 Å². The van der Waals surface area contributed by atoms with Crippen molar-refractivity contribution in [2.24, 2.45) is 0 Å². The van der Waals surface area contributed by atoms with Gasteiger partial charge in [-0.2, -0.15) is 0 Å². The number of carbonyl (C=O) groups is 1. The maximum absolute atomic E-state index is 11.2. The lowest BCUT2D eigenvalue weighted by Crippen LogP contribution is -2.60. The molecule has 68 valence electrons. The summed E-state index contributed by atoms with van der Waals surface area (Å²) in [7, 11) is 0. The molecule has 1 rings (SSSR count). The Morgan fingerprint density at radius 2 is 2.50 bits per heavy atom. The molecule has 3 heteroatoms. The predicted molar refractivity (Wildman–Crippen MR) is 48.6 cm³/mol. The van der Waals surface area contributed by atoms with Gasteiger partial charge in [0.25, 0.3) is 5.91 Å². The fourth-order valence-corrected chi connectivity index (χ4v) is 1.70. The van der Waals surface area contributed by atoms with Crippen molar-refractivity contribution in [2.75, 3.05) is 32.7 Å². The van der Waals surface area contributed by atoms with Crippen LogP contribution in [0.3, 0.4) is 0 Å². The van der Waals surface area contributed by atoms with E-state index in [-0.39, 0.29) is 5.91 Å². The van der Waals surface area contributed by atoms with Gasteiger partial charge in [-0.1, -0.05) is 6.58 Å². The summed E-state index contributed by atoms with van der Waals surface area (Å²) in [5, 5.41) is 2.84. The van der Waals surface area contributed by atoms with E-state index in [0.29, 0.717) is 6.54 Å². The van der Waals surface area contributed by atoms with Gasteiger partial charge in [0, 0.05) is 0 Å². The molecule has 1 unspecified atom stereocenters. The highest BCUT2D eigenvalue weighted by Crippen LogP contribution is 2.08. The van der Waals surface area contributed by atoms with Crippen molar-refractivity contribution in [2.45, 2.75) is 6.92 Å². The standard InChI is InChI=1S/C9H16N2O/c1-3-6-11(4-2)7-5-10-9(12)8-11/h3H,1,4-8H2,2H3/p+1. The number of likely N-dealkylation sites (N-methyl/N-ethyl adjacent to an activating group) is 1. The second-order valence-electron chi connectivity index (χ2n) is 3.36. The molecule has 1 aliphatic rings. The van der Waals surface area contributed by atoms with E-state index in [4.69, 9.17) is 0 Å². The Hall–Kier alpha value is -0.830. The second kappa shape index (κ2) is 3.72. The Labute approximate surface area is 73.6 Å². The normalized spacial score (nSPS) is 29.6. The van der Waals surface area contributed by atoms with Crippen LogP contribution in [-0.4, -0.2) is 43.1 Å². The van der Waals surface area contributed by atoms with E-state index < -0.39 is 0 Å². The van der Waals surface area contributed by atoms with E-state index in [1.807, 2.05) is 6.08 Å². The minimum absolute atomic E-state index is 0.171. The van der Waals surface area contributed by atoms with Crippen LogP contribution in [0.4, 0.5) is 0 Å². The maximum Gasteiger partial charge on any atom is 0.275 e. The first kappa shape index (κ1) is 9.26. The lowest BCUT2D eigenvalue weighted by Gasteiger charge is -2.39. The summed E-state index contributed by atoms with van der Waals surface area (Å²) >= 11 is 0. The molecule has 12 heavy (non-hydrogen) atoms. The number of nitrogens with zero attached hydrogens (tertiary/aromatic N) is 1. The van der Waals surface area contributed by atoms with Gasteiger partial charge in [0.15, 0.2) is 6.54 Å². The Balaban J connectivity index is 2.63. The van der Waals surface area contributed by atoms with Crippen LogP contribution in [0.2, 0.25) is 0 Å². The van der Waals surface area contributed by atoms with Gasteiger partial charge in [-0.15, -0.1) is 0 Å². The van der Waals surface area contributed by atoms with Crippen LogP contribution >= 0.6 is 0 Å². The molecule has 1 aliphatic heterocycles. The van der Waals surface area contributed by atoms with E-state index in [1.54, 1.807) is 0 Å². The first-order valence-corrected chi connectivity index (χ1v) is 4.45. The predicted octanol–water partition coefficient (Wildman–Crippen LogP) is 0.139. The lowest BCUT2D eigenvalue weighted by atomic mass is 10.2. The summed E-state index contributed by atoms with van der Waals surface area (Å²) < 4.78 is 0.870. The minimum Gasteiger partial charge on any atom is -0.346 e. The van der Waals surface area contributed by atoms with E-state index in [1.165, 1.54) is 0 Å².